The van der Waals surface area contributed by atoms with Crippen LogP contribution in [-0.4, -0.2) is 17.2 Å². The molecule has 10 aromatic carbocycles. The van der Waals surface area contributed by atoms with E-state index in [0.29, 0.717) is 0 Å². The van der Waals surface area contributed by atoms with E-state index in [1.807, 2.05) is 11.3 Å². The zero-order valence-electron chi connectivity index (χ0n) is 34.9. The molecule has 13 rings (SSSR count). The average Bonchev–Trinajstić information content (AvgIpc) is 4.03. The molecule has 0 fully saturated rings. The first-order valence-electron chi connectivity index (χ1n) is 22.0. The molecule has 0 radical (unpaired) electrons. The van der Waals surface area contributed by atoms with Gasteiger partial charge in [-0.15, -0.1) is 11.3 Å². The number of hydrogen-bond acceptors (Lipinski definition) is 1. The summed E-state index contributed by atoms with van der Waals surface area (Å²) in [5, 5.41) is 13.1. The first-order chi connectivity index (χ1) is 31.8. The molecule has 13 aromatic rings. The van der Waals surface area contributed by atoms with Crippen molar-refractivity contribution in [2.24, 2.45) is 0 Å². The fraction of sp³-hybridized carbons (Fsp3) is 0. The van der Waals surface area contributed by atoms with E-state index in [4.69, 9.17) is 0 Å². The van der Waals surface area contributed by atoms with E-state index >= 15 is 0 Å². The Labute approximate surface area is 376 Å². The van der Waals surface area contributed by atoms with Gasteiger partial charge >= 0.3 is 0 Å². The Balaban J connectivity index is 1.04. The van der Waals surface area contributed by atoms with Crippen molar-refractivity contribution < 1.29 is 0 Å². The van der Waals surface area contributed by atoms with E-state index in [2.05, 4.69) is 252 Å². The molecule has 3 heterocycles. The molecule has 0 bridgehead atoms. The topological polar surface area (TPSA) is 9.86 Å². The molecular formula is C60H40N2SSi. The zero-order chi connectivity index (χ0) is 42.2. The summed E-state index contributed by atoms with van der Waals surface area (Å²) >= 11 is 1.89. The van der Waals surface area contributed by atoms with Gasteiger partial charge in [0.1, 0.15) is 0 Å². The molecule has 0 aliphatic rings. The molecule has 0 saturated heterocycles. The molecule has 0 atom stereocenters. The van der Waals surface area contributed by atoms with Crippen LogP contribution in [0.3, 0.4) is 0 Å². The van der Waals surface area contributed by atoms with Crippen LogP contribution in [0.1, 0.15) is 0 Å². The number of rotatable bonds is 7. The molecule has 0 aliphatic carbocycles. The highest BCUT2D eigenvalue weighted by atomic mass is 32.1. The lowest BCUT2D eigenvalue weighted by Crippen LogP contribution is -2.74. The van der Waals surface area contributed by atoms with Gasteiger partial charge in [0.15, 0.2) is 8.07 Å². The van der Waals surface area contributed by atoms with E-state index in [9.17, 15) is 0 Å². The van der Waals surface area contributed by atoms with Gasteiger partial charge in [-0.05, 0) is 74.8 Å². The summed E-state index contributed by atoms with van der Waals surface area (Å²) in [6.45, 7) is 0. The van der Waals surface area contributed by atoms with Crippen molar-refractivity contribution in [3.05, 3.63) is 243 Å². The zero-order valence-corrected chi connectivity index (χ0v) is 36.7. The SMILES string of the molecule is c1ccc([Si](c2ccccc2)(c2ccccc2)c2cccc(-n3c4ccccc4c4cc(-c5cccc6c7ccccc7n(-c7cccc8c7sc7ccccc78)c56)ccc43)c2)cc1. The summed E-state index contributed by atoms with van der Waals surface area (Å²) in [6, 6.07) is 90.4. The Hall–Kier alpha value is -7.76. The molecule has 0 spiro atoms. The van der Waals surface area contributed by atoms with Crippen molar-refractivity contribution >= 4 is 104 Å². The molecule has 64 heavy (non-hydrogen) atoms. The predicted molar refractivity (Wildman–Crippen MR) is 277 cm³/mol. The van der Waals surface area contributed by atoms with Gasteiger partial charge in [0, 0.05) is 48.3 Å². The molecule has 0 N–H and O–H groups in total. The minimum atomic E-state index is -2.75. The molecule has 0 amide bonds. The van der Waals surface area contributed by atoms with Crippen LogP contribution in [0.4, 0.5) is 0 Å². The molecular weight excluding hydrogens is 809 g/mol. The number of hydrogen-bond donors (Lipinski definition) is 0. The Morgan fingerprint density at radius 1 is 0.328 bits per heavy atom. The van der Waals surface area contributed by atoms with Crippen molar-refractivity contribution in [2.45, 2.75) is 0 Å². The van der Waals surface area contributed by atoms with E-state index in [1.54, 1.807) is 0 Å². The van der Waals surface area contributed by atoms with Crippen LogP contribution < -0.4 is 20.7 Å². The highest BCUT2D eigenvalue weighted by molar-refractivity contribution is 7.26. The highest BCUT2D eigenvalue weighted by Gasteiger charge is 2.41. The van der Waals surface area contributed by atoms with Crippen molar-refractivity contribution in [2.75, 3.05) is 0 Å². The van der Waals surface area contributed by atoms with Crippen LogP contribution in [-0.2, 0) is 0 Å². The fourth-order valence-electron chi connectivity index (χ4n) is 10.8. The first-order valence-corrected chi connectivity index (χ1v) is 24.8. The Bertz CT molecular complexity index is 3800. The molecule has 4 heteroatoms. The highest BCUT2D eigenvalue weighted by Crippen LogP contribution is 2.44. The van der Waals surface area contributed by atoms with Crippen LogP contribution in [0.2, 0.25) is 0 Å². The number of fused-ring (bicyclic) bond motifs is 9. The van der Waals surface area contributed by atoms with Crippen molar-refractivity contribution in [1.82, 2.24) is 9.13 Å². The van der Waals surface area contributed by atoms with Gasteiger partial charge in [-0.2, -0.15) is 0 Å². The lowest BCUT2D eigenvalue weighted by molar-refractivity contribution is 1.18. The summed E-state index contributed by atoms with van der Waals surface area (Å²) in [6.07, 6.45) is 0. The third kappa shape index (κ3) is 5.43. The number of thiophene rings is 1. The number of aromatic nitrogens is 2. The minimum Gasteiger partial charge on any atom is -0.309 e. The van der Waals surface area contributed by atoms with Crippen molar-refractivity contribution in [3.8, 4) is 22.5 Å². The van der Waals surface area contributed by atoms with Crippen LogP contribution in [0.15, 0.2) is 243 Å². The van der Waals surface area contributed by atoms with Gasteiger partial charge in [0.2, 0.25) is 0 Å². The van der Waals surface area contributed by atoms with Gasteiger partial charge in [0.05, 0.1) is 32.5 Å². The van der Waals surface area contributed by atoms with Gasteiger partial charge in [-0.3, -0.25) is 0 Å². The Morgan fingerprint density at radius 2 is 0.844 bits per heavy atom. The first kappa shape index (κ1) is 36.9. The lowest BCUT2D eigenvalue weighted by atomic mass is 10.00. The van der Waals surface area contributed by atoms with E-state index in [0.717, 1.165) is 5.69 Å². The summed E-state index contributed by atoms with van der Waals surface area (Å²) in [5.74, 6) is 0. The molecule has 300 valence electrons. The number of para-hydroxylation sites is 3. The predicted octanol–water partition coefficient (Wildman–Crippen LogP) is 13.3. The van der Waals surface area contributed by atoms with Crippen LogP contribution in [0.25, 0.3) is 86.3 Å². The second-order valence-electron chi connectivity index (χ2n) is 16.8. The summed E-state index contributed by atoms with van der Waals surface area (Å²) < 4.78 is 7.63. The quantitative estimate of drug-likeness (QED) is 0.112. The van der Waals surface area contributed by atoms with Crippen molar-refractivity contribution in [3.63, 3.8) is 0 Å². The number of benzene rings is 10. The van der Waals surface area contributed by atoms with Gasteiger partial charge in [-0.1, -0.05) is 194 Å². The summed E-state index contributed by atoms with van der Waals surface area (Å²) in [4.78, 5) is 0. The van der Waals surface area contributed by atoms with Crippen LogP contribution >= 0.6 is 11.3 Å². The lowest BCUT2D eigenvalue weighted by Gasteiger charge is -2.34. The van der Waals surface area contributed by atoms with Crippen LogP contribution in [0.5, 0.6) is 0 Å². The second kappa shape index (κ2) is 14.7. The van der Waals surface area contributed by atoms with Gasteiger partial charge < -0.3 is 9.13 Å². The Morgan fingerprint density at radius 3 is 1.55 bits per heavy atom. The smallest absolute Gasteiger partial charge is 0.179 e. The third-order valence-electron chi connectivity index (χ3n) is 13.5. The Kier molecular flexibility index (Phi) is 8.45. The van der Waals surface area contributed by atoms with Crippen molar-refractivity contribution in [1.29, 1.82) is 0 Å². The number of nitrogens with zero attached hydrogens (tertiary/aromatic N) is 2. The van der Waals surface area contributed by atoms with E-state index in [1.165, 1.54) is 101 Å². The summed E-state index contributed by atoms with van der Waals surface area (Å²) in [5.41, 5.74) is 9.63. The second-order valence-corrected chi connectivity index (χ2v) is 21.7. The molecule has 0 aliphatic heterocycles. The maximum absolute atomic E-state index is 2.75. The standard InChI is InChI=1S/C60H40N2SSi/c1-4-20-43(21-5-1)64(44-22-6-2-7-23-44,45-24-8-3-9-25-45)46-26-16-19-42(40-46)61-54-33-13-11-28-49(54)53-39-41(37-38-56(53)61)47-30-17-31-51-48-27-10-14-34-55(48)62(59(47)51)57-35-18-32-52-50-29-12-15-36-58(50)63-60(52)57/h1-40H. The monoisotopic (exact) mass is 848 g/mol. The molecule has 2 nitrogen and oxygen atoms in total. The van der Waals surface area contributed by atoms with E-state index < -0.39 is 8.07 Å². The molecule has 3 aromatic heterocycles. The molecule has 0 saturated carbocycles. The fourth-order valence-corrected chi connectivity index (χ4v) is 16.8. The molecule has 0 unspecified atom stereocenters. The van der Waals surface area contributed by atoms with Crippen LogP contribution in [0, 0.1) is 0 Å². The summed E-state index contributed by atoms with van der Waals surface area (Å²) in [7, 11) is -2.75. The third-order valence-corrected chi connectivity index (χ3v) is 19.4. The largest absolute Gasteiger partial charge is 0.309 e. The normalized spacial score (nSPS) is 12.1. The average molecular weight is 849 g/mol. The minimum absolute atomic E-state index is 1.16. The van der Waals surface area contributed by atoms with Gasteiger partial charge in [-0.25, -0.2) is 0 Å². The van der Waals surface area contributed by atoms with E-state index in [-0.39, 0.29) is 0 Å². The maximum atomic E-state index is 2.53. The van der Waals surface area contributed by atoms with Gasteiger partial charge in [0.25, 0.3) is 0 Å². The maximum Gasteiger partial charge on any atom is 0.179 e.